The smallest absolute Gasteiger partial charge is 0.125 e. The van der Waals surface area contributed by atoms with Crippen LogP contribution in [0.15, 0.2) is 22.7 Å². The highest BCUT2D eigenvalue weighted by molar-refractivity contribution is 9.10. The van der Waals surface area contributed by atoms with E-state index in [1.807, 2.05) is 12.1 Å². The predicted molar refractivity (Wildman–Crippen MR) is 81.2 cm³/mol. The van der Waals surface area contributed by atoms with Gasteiger partial charge in [0.1, 0.15) is 5.82 Å². The van der Waals surface area contributed by atoms with Crippen molar-refractivity contribution in [2.24, 2.45) is 0 Å². The summed E-state index contributed by atoms with van der Waals surface area (Å²) in [5.41, 5.74) is 2.21. The quantitative estimate of drug-likeness (QED) is 0.682. The minimum atomic E-state index is 0.465. The van der Waals surface area contributed by atoms with Crippen LogP contribution in [0.5, 0.6) is 0 Å². The van der Waals surface area contributed by atoms with Gasteiger partial charge in [-0.1, -0.05) is 36.2 Å². The second-order valence-electron chi connectivity index (χ2n) is 4.52. The van der Waals surface area contributed by atoms with Crippen molar-refractivity contribution in [2.75, 3.05) is 0 Å². The van der Waals surface area contributed by atoms with Crippen LogP contribution in [0.1, 0.15) is 45.0 Å². The Balaban J connectivity index is 2.60. The van der Waals surface area contributed by atoms with E-state index >= 15 is 0 Å². The van der Waals surface area contributed by atoms with Crippen LogP contribution in [0, 0.1) is 0 Å². The first-order valence-electron chi connectivity index (χ1n) is 6.43. The number of fused-ring (bicyclic) bond motifs is 1. The molecule has 4 heteroatoms. The summed E-state index contributed by atoms with van der Waals surface area (Å²) in [6, 6.07) is 6.70. The molecular weight excluding hydrogens is 312 g/mol. The SMILES string of the molecule is CCCC(CC)n1c(CCl)nc2ccc(Br)cc21. The van der Waals surface area contributed by atoms with E-state index in [9.17, 15) is 0 Å². The molecular formula is C14H18BrClN2. The van der Waals surface area contributed by atoms with Gasteiger partial charge in [0.2, 0.25) is 0 Å². The van der Waals surface area contributed by atoms with Gasteiger partial charge < -0.3 is 4.57 Å². The monoisotopic (exact) mass is 328 g/mol. The Labute approximate surface area is 121 Å². The van der Waals surface area contributed by atoms with Gasteiger partial charge in [0.05, 0.1) is 16.9 Å². The molecule has 18 heavy (non-hydrogen) atoms. The molecule has 0 aliphatic rings. The van der Waals surface area contributed by atoms with Gasteiger partial charge in [0, 0.05) is 10.5 Å². The lowest BCUT2D eigenvalue weighted by molar-refractivity contribution is 0.448. The fraction of sp³-hybridized carbons (Fsp3) is 0.500. The minimum Gasteiger partial charge on any atom is -0.324 e. The highest BCUT2D eigenvalue weighted by Gasteiger charge is 2.16. The van der Waals surface area contributed by atoms with E-state index in [2.05, 4.69) is 45.4 Å². The summed E-state index contributed by atoms with van der Waals surface area (Å²) in [5.74, 6) is 1.44. The average Bonchev–Trinajstić information content (AvgIpc) is 2.73. The zero-order valence-electron chi connectivity index (χ0n) is 10.8. The molecule has 0 aliphatic carbocycles. The Morgan fingerprint density at radius 2 is 2.17 bits per heavy atom. The molecule has 0 aliphatic heterocycles. The van der Waals surface area contributed by atoms with Gasteiger partial charge in [0.15, 0.2) is 0 Å². The molecule has 98 valence electrons. The summed E-state index contributed by atoms with van der Waals surface area (Å²) in [7, 11) is 0. The number of aromatic nitrogens is 2. The Morgan fingerprint density at radius 3 is 2.78 bits per heavy atom. The lowest BCUT2D eigenvalue weighted by Gasteiger charge is -2.19. The fourth-order valence-corrected chi connectivity index (χ4v) is 3.00. The molecule has 0 N–H and O–H groups in total. The third-order valence-corrected chi connectivity index (χ3v) is 4.03. The standard InChI is InChI=1S/C14H18BrClN2/c1-3-5-11(4-2)18-13-8-10(15)6-7-12(13)17-14(18)9-16/h6-8,11H,3-5,9H2,1-2H3. The summed E-state index contributed by atoms with van der Waals surface area (Å²) in [6.45, 7) is 4.44. The van der Waals surface area contributed by atoms with Gasteiger partial charge in [-0.25, -0.2) is 4.98 Å². The molecule has 1 unspecified atom stereocenters. The highest BCUT2D eigenvalue weighted by atomic mass is 79.9. The van der Waals surface area contributed by atoms with Gasteiger partial charge in [-0.05, 0) is 31.0 Å². The number of imidazole rings is 1. The van der Waals surface area contributed by atoms with E-state index < -0.39 is 0 Å². The second-order valence-corrected chi connectivity index (χ2v) is 5.70. The van der Waals surface area contributed by atoms with E-state index in [0.29, 0.717) is 11.9 Å². The Bertz CT molecular complexity index is 536. The van der Waals surface area contributed by atoms with Crippen molar-refractivity contribution in [3.05, 3.63) is 28.5 Å². The van der Waals surface area contributed by atoms with Crippen LogP contribution < -0.4 is 0 Å². The zero-order valence-corrected chi connectivity index (χ0v) is 13.1. The fourth-order valence-electron chi connectivity index (χ4n) is 2.47. The Hall–Kier alpha value is -0.540. The molecule has 1 atom stereocenters. The predicted octanol–water partition coefficient (Wildman–Crippen LogP) is 5.29. The Kier molecular flexibility index (Phi) is 4.68. The van der Waals surface area contributed by atoms with E-state index in [4.69, 9.17) is 11.6 Å². The van der Waals surface area contributed by atoms with Crippen LogP contribution in [0.25, 0.3) is 11.0 Å². The molecule has 1 heterocycles. The molecule has 0 saturated heterocycles. The lowest BCUT2D eigenvalue weighted by Crippen LogP contribution is -2.10. The highest BCUT2D eigenvalue weighted by Crippen LogP contribution is 2.29. The average molecular weight is 330 g/mol. The lowest BCUT2D eigenvalue weighted by atomic mass is 10.1. The van der Waals surface area contributed by atoms with Crippen LogP contribution in [0.3, 0.4) is 0 Å². The first-order chi connectivity index (χ1) is 8.71. The number of alkyl halides is 1. The van der Waals surface area contributed by atoms with E-state index in [1.54, 1.807) is 0 Å². The first-order valence-corrected chi connectivity index (χ1v) is 7.76. The molecule has 2 nitrogen and oxygen atoms in total. The molecule has 0 bridgehead atoms. The van der Waals surface area contributed by atoms with Crippen LogP contribution in [0.4, 0.5) is 0 Å². The van der Waals surface area contributed by atoms with E-state index in [1.165, 1.54) is 18.4 Å². The van der Waals surface area contributed by atoms with Crippen LogP contribution in [-0.2, 0) is 5.88 Å². The summed E-state index contributed by atoms with van der Waals surface area (Å²) in [6.07, 6.45) is 3.45. The van der Waals surface area contributed by atoms with Crippen LogP contribution in [0.2, 0.25) is 0 Å². The van der Waals surface area contributed by atoms with Crippen LogP contribution >= 0.6 is 27.5 Å². The summed E-state index contributed by atoms with van der Waals surface area (Å²) < 4.78 is 3.40. The molecule has 0 fully saturated rings. The molecule has 0 saturated carbocycles. The molecule has 1 aromatic carbocycles. The number of rotatable bonds is 5. The minimum absolute atomic E-state index is 0.465. The van der Waals surface area contributed by atoms with Gasteiger partial charge in [-0.2, -0.15) is 0 Å². The number of halogens is 2. The van der Waals surface area contributed by atoms with E-state index in [-0.39, 0.29) is 0 Å². The molecule has 2 rings (SSSR count). The maximum atomic E-state index is 6.05. The summed E-state index contributed by atoms with van der Waals surface area (Å²) in [5, 5.41) is 0. The number of hydrogen-bond acceptors (Lipinski definition) is 1. The third kappa shape index (κ3) is 2.57. The number of hydrogen-bond donors (Lipinski definition) is 0. The normalized spacial score (nSPS) is 13.1. The molecule has 0 radical (unpaired) electrons. The molecule has 0 spiro atoms. The Morgan fingerprint density at radius 1 is 1.39 bits per heavy atom. The van der Waals surface area contributed by atoms with Crippen molar-refractivity contribution in [2.45, 2.75) is 45.0 Å². The number of benzene rings is 1. The summed E-state index contributed by atoms with van der Waals surface area (Å²) in [4.78, 5) is 4.63. The van der Waals surface area contributed by atoms with Gasteiger partial charge in [0.25, 0.3) is 0 Å². The van der Waals surface area contributed by atoms with Crippen molar-refractivity contribution < 1.29 is 0 Å². The van der Waals surface area contributed by atoms with Gasteiger partial charge in [-0.15, -0.1) is 11.6 Å². The number of nitrogens with zero attached hydrogens (tertiary/aromatic N) is 2. The summed E-state index contributed by atoms with van der Waals surface area (Å²) >= 11 is 9.58. The second kappa shape index (κ2) is 6.07. The van der Waals surface area contributed by atoms with Crippen molar-refractivity contribution in [1.82, 2.24) is 9.55 Å². The van der Waals surface area contributed by atoms with Crippen molar-refractivity contribution in [3.63, 3.8) is 0 Å². The molecule has 2 aromatic rings. The molecule has 0 amide bonds. The van der Waals surface area contributed by atoms with E-state index in [0.717, 1.165) is 22.2 Å². The first kappa shape index (κ1) is 13.9. The van der Waals surface area contributed by atoms with Crippen molar-refractivity contribution in [1.29, 1.82) is 0 Å². The van der Waals surface area contributed by atoms with Crippen molar-refractivity contribution in [3.8, 4) is 0 Å². The van der Waals surface area contributed by atoms with Gasteiger partial charge in [-0.3, -0.25) is 0 Å². The maximum absolute atomic E-state index is 6.05. The van der Waals surface area contributed by atoms with Crippen molar-refractivity contribution >= 4 is 38.6 Å². The van der Waals surface area contributed by atoms with Crippen LogP contribution in [-0.4, -0.2) is 9.55 Å². The largest absolute Gasteiger partial charge is 0.324 e. The van der Waals surface area contributed by atoms with Gasteiger partial charge >= 0.3 is 0 Å². The maximum Gasteiger partial charge on any atom is 0.125 e. The molecule has 1 aromatic heterocycles. The topological polar surface area (TPSA) is 17.8 Å². The zero-order chi connectivity index (χ0) is 13.1. The third-order valence-electron chi connectivity index (χ3n) is 3.30.